The smallest absolute Gasteiger partial charge is 0.267 e. The standard InChI is InChI=1S/C17H21N3O.ClH/c18-13-6-8-14(9-7-13)19-17(21)16-11-10-15(20-16)12-4-2-1-3-5-12;/h1-5,10-11,13-14,20H,6-9,18H2,(H,19,21);1H. The van der Waals surface area contributed by atoms with Gasteiger partial charge in [-0.25, -0.2) is 0 Å². The zero-order chi connectivity index (χ0) is 14.7. The van der Waals surface area contributed by atoms with Gasteiger partial charge in [0.05, 0.1) is 0 Å². The first-order valence-electron chi connectivity index (χ1n) is 7.53. The lowest BCUT2D eigenvalue weighted by Crippen LogP contribution is -2.40. The average molecular weight is 320 g/mol. The van der Waals surface area contributed by atoms with Crippen molar-refractivity contribution in [3.63, 3.8) is 0 Å². The summed E-state index contributed by atoms with van der Waals surface area (Å²) in [6.07, 6.45) is 3.92. The summed E-state index contributed by atoms with van der Waals surface area (Å²) in [6.45, 7) is 0. The molecule has 1 aromatic carbocycles. The molecule has 1 saturated carbocycles. The maximum atomic E-state index is 12.3. The van der Waals surface area contributed by atoms with E-state index in [1.54, 1.807) is 0 Å². The highest BCUT2D eigenvalue weighted by Gasteiger charge is 2.21. The summed E-state index contributed by atoms with van der Waals surface area (Å²) in [4.78, 5) is 15.5. The lowest BCUT2D eigenvalue weighted by molar-refractivity contribution is 0.0921. The number of carbonyl (C=O) groups excluding carboxylic acids is 1. The van der Waals surface area contributed by atoms with Gasteiger partial charge in [0.15, 0.2) is 0 Å². The van der Waals surface area contributed by atoms with Crippen molar-refractivity contribution in [2.75, 3.05) is 0 Å². The van der Waals surface area contributed by atoms with Crippen LogP contribution in [0.15, 0.2) is 42.5 Å². The Labute approximate surface area is 136 Å². The van der Waals surface area contributed by atoms with Crippen molar-refractivity contribution in [1.82, 2.24) is 10.3 Å². The topological polar surface area (TPSA) is 70.9 Å². The lowest BCUT2D eigenvalue weighted by atomic mass is 9.92. The van der Waals surface area contributed by atoms with Gasteiger partial charge in [-0.2, -0.15) is 0 Å². The van der Waals surface area contributed by atoms with Crippen LogP contribution in [-0.4, -0.2) is 23.0 Å². The SMILES string of the molecule is Cl.NC1CCC(NC(=O)c2ccc(-c3ccccc3)[nH]2)CC1. The molecule has 0 aliphatic heterocycles. The molecule has 22 heavy (non-hydrogen) atoms. The van der Waals surface area contributed by atoms with E-state index in [0.29, 0.717) is 11.7 Å². The van der Waals surface area contributed by atoms with E-state index in [2.05, 4.69) is 10.3 Å². The summed E-state index contributed by atoms with van der Waals surface area (Å²) >= 11 is 0. The summed E-state index contributed by atoms with van der Waals surface area (Å²) in [5.74, 6) is -0.0300. The third kappa shape index (κ3) is 3.90. The second-order valence-electron chi connectivity index (χ2n) is 5.74. The van der Waals surface area contributed by atoms with E-state index >= 15 is 0 Å². The Bertz CT molecular complexity index is 603. The average Bonchev–Trinajstić information content (AvgIpc) is 3.00. The molecular formula is C17H22ClN3O. The van der Waals surface area contributed by atoms with Crippen LogP contribution in [0.25, 0.3) is 11.3 Å². The predicted octanol–water partition coefficient (Wildman–Crippen LogP) is 3.10. The van der Waals surface area contributed by atoms with Gasteiger partial charge in [-0.15, -0.1) is 12.4 Å². The van der Waals surface area contributed by atoms with Gasteiger partial charge < -0.3 is 16.0 Å². The number of hydrogen-bond donors (Lipinski definition) is 3. The number of nitrogens with one attached hydrogen (secondary N) is 2. The van der Waals surface area contributed by atoms with Gasteiger partial charge in [0, 0.05) is 17.8 Å². The van der Waals surface area contributed by atoms with Crippen molar-refractivity contribution in [2.24, 2.45) is 5.73 Å². The van der Waals surface area contributed by atoms with E-state index in [-0.39, 0.29) is 24.4 Å². The number of H-pyrrole nitrogens is 1. The van der Waals surface area contributed by atoms with Gasteiger partial charge in [-0.05, 0) is 43.4 Å². The number of rotatable bonds is 3. The molecule has 5 heteroatoms. The number of aromatic nitrogens is 1. The molecule has 1 amide bonds. The van der Waals surface area contributed by atoms with Crippen LogP contribution in [0.3, 0.4) is 0 Å². The summed E-state index contributed by atoms with van der Waals surface area (Å²) in [5, 5.41) is 3.09. The Hall–Kier alpha value is -1.78. The zero-order valence-corrected chi connectivity index (χ0v) is 13.2. The van der Waals surface area contributed by atoms with Gasteiger partial charge in [-0.1, -0.05) is 30.3 Å². The molecule has 0 unspecified atom stereocenters. The molecule has 1 aromatic heterocycles. The Kier molecular flexibility index (Phi) is 5.63. The van der Waals surface area contributed by atoms with E-state index in [0.717, 1.165) is 36.9 Å². The molecule has 0 spiro atoms. The predicted molar refractivity (Wildman–Crippen MR) is 91.2 cm³/mol. The van der Waals surface area contributed by atoms with Crippen LogP contribution in [0.4, 0.5) is 0 Å². The number of benzene rings is 1. The van der Waals surface area contributed by atoms with Crippen LogP contribution in [0.1, 0.15) is 36.2 Å². The van der Waals surface area contributed by atoms with Gasteiger partial charge >= 0.3 is 0 Å². The number of halogens is 1. The van der Waals surface area contributed by atoms with Crippen molar-refractivity contribution >= 4 is 18.3 Å². The van der Waals surface area contributed by atoms with Gasteiger partial charge in [0.25, 0.3) is 5.91 Å². The van der Waals surface area contributed by atoms with Crippen LogP contribution < -0.4 is 11.1 Å². The largest absolute Gasteiger partial charge is 0.351 e. The number of nitrogens with two attached hydrogens (primary N) is 1. The number of hydrogen-bond acceptors (Lipinski definition) is 2. The van der Waals surface area contributed by atoms with Gasteiger partial charge in [0.2, 0.25) is 0 Å². The first-order valence-corrected chi connectivity index (χ1v) is 7.53. The Balaban J connectivity index is 0.00000176. The molecular weight excluding hydrogens is 298 g/mol. The van der Waals surface area contributed by atoms with Crippen LogP contribution >= 0.6 is 12.4 Å². The van der Waals surface area contributed by atoms with E-state index in [9.17, 15) is 4.79 Å². The summed E-state index contributed by atoms with van der Waals surface area (Å²) in [6, 6.07) is 14.3. The minimum atomic E-state index is -0.0300. The van der Waals surface area contributed by atoms with Crippen LogP contribution in [0.5, 0.6) is 0 Å². The third-order valence-corrected chi connectivity index (χ3v) is 4.12. The second-order valence-corrected chi connectivity index (χ2v) is 5.74. The maximum Gasteiger partial charge on any atom is 0.267 e. The molecule has 2 aromatic rings. The van der Waals surface area contributed by atoms with Crippen molar-refractivity contribution < 1.29 is 4.79 Å². The second kappa shape index (κ2) is 7.47. The normalized spacial score (nSPS) is 21.0. The fraction of sp³-hybridized carbons (Fsp3) is 0.353. The Morgan fingerprint density at radius 1 is 1.05 bits per heavy atom. The van der Waals surface area contributed by atoms with E-state index in [1.807, 2.05) is 42.5 Å². The highest BCUT2D eigenvalue weighted by atomic mass is 35.5. The van der Waals surface area contributed by atoms with Crippen LogP contribution in [-0.2, 0) is 0 Å². The molecule has 3 rings (SSSR count). The van der Waals surface area contributed by atoms with Crippen LogP contribution in [0.2, 0.25) is 0 Å². The van der Waals surface area contributed by atoms with E-state index < -0.39 is 0 Å². The third-order valence-electron chi connectivity index (χ3n) is 4.12. The fourth-order valence-electron chi connectivity index (χ4n) is 2.84. The lowest BCUT2D eigenvalue weighted by Gasteiger charge is -2.26. The molecule has 1 aliphatic carbocycles. The Morgan fingerprint density at radius 3 is 2.41 bits per heavy atom. The molecule has 0 atom stereocenters. The molecule has 118 valence electrons. The summed E-state index contributed by atoms with van der Waals surface area (Å²) < 4.78 is 0. The molecule has 4 N–H and O–H groups in total. The molecule has 1 aliphatic rings. The van der Waals surface area contributed by atoms with Crippen molar-refractivity contribution in [1.29, 1.82) is 0 Å². The maximum absolute atomic E-state index is 12.3. The number of carbonyl (C=O) groups is 1. The van der Waals surface area contributed by atoms with E-state index in [4.69, 9.17) is 5.73 Å². The summed E-state index contributed by atoms with van der Waals surface area (Å²) in [5.41, 5.74) is 8.55. The van der Waals surface area contributed by atoms with Gasteiger partial charge in [-0.3, -0.25) is 4.79 Å². The Morgan fingerprint density at radius 2 is 1.73 bits per heavy atom. The first kappa shape index (κ1) is 16.6. The molecule has 1 fully saturated rings. The molecule has 4 nitrogen and oxygen atoms in total. The quantitative estimate of drug-likeness (QED) is 0.813. The van der Waals surface area contributed by atoms with E-state index in [1.165, 1.54) is 0 Å². The number of amides is 1. The monoisotopic (exact) mass is 319 g/mol. The highest BCUT2D eigenvalue weighted by molar-refractivity contribution is 5.93. The van der Waals surface area contributed by atoms with Crippen molar-refractivity contribution in [3.05, 3.63) is 48.2 Å². The molecule has 0 saturated heterocycles. The highest BCUT2D eigenvalue weighted by Crippen LogP contribution is 2.19. The summed E-state index contributed by atoms with van der Waals surface area (Å²) in [7, 11) is 0. The van der Waals surface area contributed by atoms with Crippen molar-refractivity contribution in [3.8, 4) is 11.3 Å². The fourth-order valence-corrected chi connectivity index (χ4v) is 2.84. The first-order chi connectivity index (χ1) is 10.2. The number of aromatic amines is 1. The zero-order valence-electron chi connectivity index (χ0n) is 12.4. The van der Waals surface area contributed by atoms with Gasteiger partial charge in [0.1, 0.15) is 5.69 Å². The minimum absolute atomic E-state index is 0. The van der Waals surface area contributed by atoms with Crippen molar-refractivity contribution in [2.45, 2.75) is 37.8 Å². The molecule has 0 bridgehead atoms. The van der Waals surface area contributed by atoms with Crippen LogP contribution in [0, 0.1) is 0 Å². The molecule has 0 radical (unpaired) electrons. The molecule has 1 heterocycles. The minimum Gasteiger partial charge on any atom is -0.351 e.